The minimum atomic E-state index is -0.915. The van der Waals surface area contributed by atoms with E-state index in [-0.39, 0.29) is 5.91 Å². The summed E-state index contributed by atoms with van der Waals surface area (Å²) >= 11 is 1.62. The SMILES string of the molecule is CSCC[C@H](O)C(=O)NCc1cc(C)nc(C)c1. The molecule has 0 aliphatic carbocycles. The number of amides is 1. The second-order valence-electron chi connectivity index (χ2n) is 4.27. The lowest BCUT2D eigenvalue weighted by Gasteiger charge is -2.11. The molecule has 2 N–H and O–H groups in total. The van der Waals surface area contributed by atoms with Gasteiger partial charge in [-0.15, -0.1) is 0 Å². The molecular formula is C13H20N2O2S. The molecule has 1 aromatic heterocycles. The molecule has 1 atom stereocenters. The van der Waals surface area contributed by atoms with Crippen LogP contribution in [0.5, 0.6) is 0 Å². The lowest BCUT2D eigenvalue weighted by atomic mass is 10.2. The molecule has 18 heavy (non-hydrogen) atoms. The summed E-state index contributed by atoms with van der Waals surface area (Å²) in [5.74, 6) is 0.471. The van der Waals surface area contributed by atoms with Crippen molar-refractivity contribution in [3.63, 3.8) is 0 Å². The van der Waals surface area contributed by atoms with Gasteiger partial charge in [-0.3, -0.25) is 9.78 Å². The normalized spacial score (nSPS) is 12.2. The van der Waals surface area contributed by atoms with Crippen LogP contribution in [0.4, 0.5) is 0 Å². The van der Waals surface area contributed by atoms with E-state index in [2.05, 4.69) is 10.3 Å². The van der Waals surface area contributed by atoms with Crippen molar-refractivity contribution in [2.75, 3.05) is 12.0 Å². The number of pyridine rings is 1. The third kappa shape index (κ3) is 5.06. The third-order valence-corrected chi connectivity index (χ3v) is 3.15. The first-order chi connectivity index (χ1) is 8.52. The van der Waals surface area contributed by atoms with Crippen molar-refractivity contribution < 1.29 is 9.90 Å². The number of aliphatic hydroxyl groups excluding tert-OH is 1. The van der Waals surface area contributed by atoms with Crippen LogP contribution in [-0.4, -0.2) is 34.1 Å². The Balaban J connectivity index is 2.46. The Hall–Kier alpha value is -1.07. The van der Waals surface area contributed by atoms with Crippen LogP contribution in [0.1, 0.15) is 23.4 Å². The molecule has 0 saturated carbocycles. The lowest BCUT2D eigenvalue weighted by Crippen LogP contribution is -2.34. The predicted molar refractivity (Wildman–Crippen MR) is 74.6 cm³/mol. The van der Waals surface area contributed by atoms with Crippen LogP contribution in [0.3, 0.4) is 0 Å². The molecule has 100 valence electrons. The van der Waals surface area contributed by atoms with Crippen LogP contribution in [0.2, 0.25) is 0 Å². The van der Waals surface area contributed by atoms with Crippen molar-refractivity contribution in [2.24, 2.45) is 0 Å². The Labute approximate surface area is 112 Å². The first kappa shape index (κ1) is 15.0. The second kappa shape index (κ2) is 7.38. The summed E-state index contributed by atoms with van der Waals surface area (Å²) < 4.78 is 0. The second-order valence-corrected chi connectivity index (χ2v) is 5.26. The Bertz CT molecular complexity index is 390. The molecule has 0 spiro atoms. The fourth-order valence-electron chi connectivity index (χ4n) is 1.69. The average molecular weight is 268 g/mol. The standard InChI is InChI=1S/C13H20N2O2S/c1-9-6-11(7-10(2)15-9)8-14-13(17)12(16)4-5-18-3/h6-7,12,16H,4-5,8H2,1-3H3,(H,14,17)/t12-/m0/s1. The van der Waals surface area contributed by atoms with E-state index in [0.717, 1.165) is 22.7 Å². The highest BCUT2D eigenvalue weighted by Crippen LogP contribution is 2.05. The van der Waals surface area contributed by atoms with Crippen molar-refractivity contribution >= 4 is 17.7 Å². The maximum Gasteiger partial charge on any atom is 0.249 e. The molecule has 0 unspecified atom stereocenters. The Kier molecular flexibility index (Phi) is 6.15. The zero-order valence-electron chi connectivity index (χ0n) is 11.1. The molecule has 0 saturated heterocycles. The van der Waals surface area contributed by atoms with Crippen LogP contribution in [0.25, 0.3) is 0 Å². The van der Waals surface area contributed by atoms with Gasteiger partial charge in [0.1, 0.15) is 6.10 Å². The number of nitrogens with one attached hydrogen (secondary N) is 1. The van der Waals surface area contributed by atoms with Gasteiger partial charge >= 0.3 is 0 Å². The number of thioether (sulfide) groups is 1. The zero-order valence-corrected chi connectivity index (χ0v) is 11.9. The summed E-state index contributed by atoms with van der Waals surface area (Å²) in [5, 5.41) is 12.3. The van der Waals surface area contributed by atoms with E-state index in [0.29, 0.717) is 13.0 Å². The highest BCUT2D eigenvalue weighted by Gasteiger charge is 2.13. The number of nitrogens with zero attached hydrogens (tertiary/aromatic N) is 1. The maximum atomic E-state index is 11.6. The summed E-state index contributed by atoms with van der Waals surface area (Å²) in [6.45, 7) is 4.27. The summed E-state index contributed by atoms with van der Waals surface area (Å²) in [4.78, 5) is 15.9. The maximum absolute atomic E-state index is 11.6. The molecule has 0 fully saturated rings. The van der Waals surface area contributed by atoms with Crippen LogP contribution in [-0.2, 0) is 11.3 Å². The average Bonchev–Trinajstić information content (AvgIpc) is 2.31. The number of carbonyl (C=O) groups is 1. The number of aryl methyl sites for hydroxylation is 2. The van der Waals surface area contributed by atoms with Crippen LogP contribution >= 0.6 is 11.8 Å². The van der Waals surface area contributed by atoms with E-state index in [1.54, 1.807) is 11.8 Å². The van der Waals surface area contributed by atoms with Gasteiger partial charge in [0, 0.05) is 17.9 Å². The molecule has 1 aromatic rings. The highest BCUT2D eigenvalue weighted by molar-refractivity contribution is 7.98. The molecule has 0 aliphatic heterocycles. The number of aliphatic hydroxyl groups is 1. The van der Waals surface area contributed by atoms with E-state index in [9.17, 15) is 9.90 Å². The molecule has 1 amide bonds. The monoisotopic (exact) mass is 268 g/mol. The van der Waals surface area contributed by atoms with Gasteiger partial charge in [-0.1, -0.05) is 0 Å². The largest absolute Gasteiger partial charge is 0.383 e. The van der Waals surface area contributed by atoms with Crippen molar-refractivity contribution in [3.05, 3.63) is 29.1 Å². The fourth-order valence-corrected chi connectivity index (χ4v) is 2.15. The van der Waals surface area contributed by atoms with Crippen LogP contribution in [0, 0.1) is 13.8 Å². The van der Waals surface area contributed by atoms with E-state index >= 15 is 0 Å². The van der Waals surface area contributed by atoms with E-state index < -0.39 is 6.10 Å². The van der Waals surface area contributed by atoms with Gasteiger partial charge in [0.05, 0.1) is 0 Å². The minimum Gasteiger partial charge on any atom is -0.383 e. The van der Waals surface area contributed by atoms with Crippen LogP contribution in [0.15, 0.2) is 12.1 Å². The summed E-state index contributed by atoms with van der Waals surface area (Å²) in [6.07, 6.45) is 1.52. The van der Waals surface area contributed by atoms with Gasteiger partial charge < -0.3 is 10.4 Å². The van der Waals surface area contributed by atoms with Gasteiger partial charge in [-0.25, -0.2) is 0 Å². The minimum absolute atomic E-state index is 0.309. The van der Waals surface area contributed by atoms with E-state index in [1.165, 1.54) is 0 Å². The molecule has 0 aliphatic rings. The quantitative estimate of drug-likeness (QED) is 0.819. The van der Waals surface area contributed by atoms with Crippen LogP contribution < -0.4 is 5.32 Å². The fraction of sp³-hybridized carbons (Fsp3) is 0.538. The van der Waals surface area contributed by atoms with Gasteiger partial charge in [0.25, 0.3) is 0 Å². The molecule has 0 radical (unpaired) electrons. The van der Waals surface area contributed by atoms with Gasteiger partial charge in [-0.2, -0.15) is 11.8 Å². The number of aromatic nitrogens is 1. The van der Waals surface area contributed by atoms with Gasteiger partial charge in [0.15, 0.2) is 0 Å². The van der Waals surface area contributed by atoms with Crippen molar-refractivity contribution in [1.29, 1.82) is 0 Å². The van der Waals surface area contributed by atoms with Crippen molar-refractivity contribution in [1.82, 2.24) is 10.3 Å². The van der Waals surface area contributed by atoms with E-state index in [4.69, 9.17) is 0 Å². The zero-order chi connectivity index (χ0) is 13.5. The first-order valence-electron chi connectivity index (χ1n) is 5.92. The van der Waals surface area contributed by atoms with E-state index in [1.807, 2.05) is 32.2 Å². The molecule has 0 bridgehead atoms. The molecule has 5 heteroatoms. The van der Waals surface area contributed by atoms with Crippen molar-refractivity contribution in [3.8, 4) is 0 Å². The number of rotatable bonds is 6. The van der Waals surface area contributed by atoms with Gasteiger partial charge in [0.2, 0.25) is 5.91 Å². The molecule has 0 aromatic carbocycles. The molecule has 1 heterocycles. The Morgan fingerprint density at radius 1 is 1.44 bits per heavy atom. The highest BCUT2D eigenvalue weighted by atomic mass is 32.2. The number of carbonyl (C=O) groups excluding carboxylic acids is 1. The molecular weight excluding hydrogens is 248 g/mol. The van der Waals surface area contributed by atoms with Crippen molar-refractivity contribution in [2.45, 2.75) is 32.9 Å². The molecule has 1 rings (SSSR count). The molecule has 4 nitrogen and oxygen atoms in total. The lowest BCUT2D eigenvalue weighted by molar-refractivity contribution is -0.129. The first-order valence-corrected chi connectivity index (χ1v) is 7.31. The Morgan fingerprint density at radius 2 is 2.06 bits per heavy atom. The Morgan fingerprint density at radius 3 is 2.61 bits per heavy atom. The third-order valence-electron chi connectivity index (χ3n) is 2.51. The predicted octanol–water partition coefficient (Wildman–Crippen LogP) is 1.43. The number of hydrogen-bond donors (Lipinski definition) is 2. The summed E-state index contributed by atoms with van der Waals surface area (Å²) in [7, 11) is 0. The summed E-state index contributed by atoms with van der Waals surface area (Å²) in [6, 6.07) is 3.86. The van der Waals surface area contributed by atoms with Gasteiger partial charge in [-0.05, 0) is 50.0 Å². The number of hydrogen-bond acceptors (Lipinski definition) is 4. The summed E-state index contributed by atoms with van der Waals surface area (Å²) in [5.41, 5.74) is 2.87. The smallest absolute Gasteiger partial charge is 0.249 e. The topological polar surface area (TPSA) is 62.2 Å².